The van der Waals surface area contributed by atoms with E-state index >= 15 is 0 Å². The van der Waals surface area contributed by atoms with Crippen LogP contribution in [0.2, 0.25) is 0 Å². The lowest BCUT2D eigenvalue weighted by Gasteiger charge is -2.42. The van der Waals surface area contributed by atoms with Crippen LogP contribution in [-0.4, -0.2) is 41.3 Å². The van der Waals surface area contributed by atoms with E-state index in [1.165, 1.54) is 11.1 Å². The molecule has 2 fully saturated rings. The Morgan fingerprint density at radius 1 is 0.943 bits per heavy atom. The number of rotatable bonds is 7. The molecule has 2 atom stereocenters. The van der Waals surface area contributed by atoms with Crippen molar-refractivity contribution in [1.82, 2.24) is 10.6 Å². The van der Waals surface area contributed by atoms with Crippen molar-refractivity contribution in [2.24, 2.45) is 5.92 Å². The summed E-state index contributed by atoms with van der Waals surface area (Å²) in [6, 6.07) is 16.3. The molecule has 0 spiro atoms. The third-order valence-electron chi connectivity index (χ3n) is 7.91. The number of carboxylic acids is 1. The molecule has 3 aliphatic rings. The first kappa shape index (κ1) is 23.4. The second-order valence-corrected chi connectivity index (χ2v) is 10.2. The van der Waals surface area contributed by atoms with E-state index in [0.29, 0.717) is 12.8 Å². The summed E-state index contributed by atoms with van der Waals surface area (Å²) in [5.41, 5.74) is 4.08. The molecule has 0 saturated heterocycles. The van der Waals surface area contributed by atoms with Gasteiger partial charge in [-0.1, -0.05) is 55.0 Å². The monoisotopic (exact) mass is 476 g/mol. The largest absolute Gasteiger partial charge is 0.481 e. The molecule has 0 heterocycles. The summed E-state index contributed by atoms with van der Waals surface area (Å²) in [4.78, 5) is 36.9. The summed E-state index contributed by atoms with van der Waals surface area (Å²) in [7, 11) is 0. The molecule has 0 aliphatic heterocycles. The van der Waals surface area contributed by atoms with Crippen molar-refractivity contribution in [3.05, 3.63) is 59.7 Å². The lowest BCUT2D eigenvalue weighted by molar-refractivity contribution is -0.143. The number of amides is 2. The number of ether oxygens (including phenoxy) is 1. The molecule has 184 valence electrons. The first-order valence-corrected chi connectivity index (χ1v) is 12.6. The maximum absolute atomic E-state index is 12.8. The molecular formula is C28H32N2O5. The van der Waals surface area contributed by atoms with Gasteiger partial charge in [0.2, 0.25) is 5.91 Å². The second kappa shape index (κ2) is 9.72. The summed E-state index contributed by atoms with van der Waals surface area (Å²) in [6.45, 7) is 0.237. The van der Waals surface area contributed by atoms with Gasteiger partial charge in [0.25, 0.3) is 0 Å². The maximum Gasteiger partial charge on any atom is 0.407 e. The SMILES string of the molecule is O=C(CC1(NC(=O)OCC2c3ccccc3-c3ccccc32)CCC1)NC1CCCC(C(=O)O)C1. The van der Waals surface area contributed by atoms with Crippen molar-refractivity contribution >= 4 is 18.0 Å². The zero-order valence-corrected chi connectivity index (χ0v) is 19.8. The molecule has 2 unspecified atom stereocenters. The molecule has 2 saturated carbocycles. The fourth-order valence-electron chi connectivity index (χ4n) is 5.93. The summed E-state index contributed by atoms with van der Waals surface area (Å²) < 4.78 is 5.70. The maximum atomic E-state index is 12.8. The Labute approximate surface area is 205 Å². The number of benzene rings is 2. The number of aliphatic carboxylic acids is 1. The van der Waals surface area contributed by atoms with Gasteiger partial charge in [0.1, 0.15) is 6.61 Å². The van der Waals surface area contributed by atoms with Gasteiger partial charge < -0.3 is 20.5 Å². The van der Waals surface area contributed by atoms with E-state index in [1.807, 2.05) is 24.3 Å². The Balaban J connectivity index is 1.17. The highest BCUT2D eigenvalue weighted by atomic mass is 16.5. The molecule has 7 nitrogen and oxygen atoms in total. The lowest BCUT2D eigenvalue weighted by Crippen LogP contribution is -2.56. The average Bonchev–Trinajstić information content (AvgIpc) is 3.15. The van der Waals surface area contributed by atoms with Crippen molar-refractivity contribution in [2.45, 2.75) is 68.9 Å². The fraction of sp³-hybridized carbons (Fsp3) is 0.464. The molecule has 2 aromatic rings. The standard InChI is InChI=1S/C28H32N2O5/c31-25(29-19-8-5-7-18(15-19)26(32)33)16-28(13-6-14-28)30-27(34)35-17-24-22-11-3-1-9-20(22)21-10-2-4-12-23(21)24/h1-4,9-12,18-19,24H,5-8,13-17H2,(H,29,31)(H,30,34)(H,32,33). The van der Waals surface area contributed by atoms with Gasteiger partial charge in [-0.25, -0.2) is 4.79 Å². The molecule has 0 aromatic heterocycles. The number of fused-ring (bicyclic) bond motifs is 3. The van der Waals surface area contributed by atoms with Crippen LogP contribution in [0.5, 0.6) is 0 Å². The molecule has 5 rings (SSSR count). The van der Waals surface area contributed by atoms with Crippen LogP contribution in [0.25, 0.3) is 11.1 Å². The zero-order valence-electron chi connectivity index (χ0n) is 19.8. The van der Waals surface area contributed by atoms with Gasteiger partial charge in [-0.3, -0.25) is 9.59 Å². The van der Waals surface area contributed by atoms with Crippen LogP contribution in [0.4, 0.5) is 4.79 Å². The zero-order chi connectivity index (χ0) is 24.4. The second-order valence-electron chi connectivity index (χ2n) is 10.2. The van der Waals surface area contributed by atoms with Crippen LogP contribution in [-0.2, 0) is 14.3 Å². The summed E-state index contributed by atoms with van der Waals surface area (Å²) >= 11 is 0. The number of nitrogens with one attached hydrogen (secondary N) is 2. The smallest absolute Gasteiger partial charge is 0.407 e. The quantitative estimate of drug-likeness (QED) is 0.542. The van der Waals surface area contributed by atoms with Gasteiger partial charge in [0, 0.05) is 18.4 Å². The van der Waals surface area contributed by atoms with E-state index in [9.17, 15) is 19.5 Å². The predicted octanol–water partition coefficient (Wildman–Crippen LogP) is 4.60. The van der Waals surface area contributed by atoms with Crippen LogP contribution in [0, 0.1) is 5.92 Å². The average molecular weight is 477 g/mol. The number of hydrogen-bond acceptors (Lipinski definition) is 4. The Morgan fingerprint density at radius 2 is 1.60 bits per heavy atom. The Bertz CT molecular complexity index is 1080. The fourth-order valence-corrected chi connectivity index (χ4v) is 5.93. The van der Waals surface area contributed by atoms with E-state index in [4.69, 9.17) is 4.74 Å². The topological polar surface area (TPSA) is 105 Å². The number of carbonyl (C=O) groups excluding carboxylic acids is 2. The normalized spacial score (nSPS) is 22.3. The molecule has 0 bridgehead atoms. The van der Waals surface area contributed by atoms with E-state index in [0.717, 1.165) is 43.2 Å². The lowest BCUT2D eigenvalue weighted by atomic mass is 9.74. The predicted molar refractivity (Wildman–Crippen MR) is 131 cm³/mol. The first-order valence-electron chi connectivity index (χ1n) is 12.6. The highest BCUT2D eigenvalue weighted by Gasteiger charge is 2.41. The molecule has 3 aliphatic carbocycles. The molecule has 2 aromatic carbocycles. The van der Waals surface area contributed by atoms with Gasteiger partial charge in [-0.2, -0.15) is 0 Å². The minimum atomic E-state index is -0.795. The van der Waals surface area contributed by atoms with Gasteiger partial charge in [-0.15, -0.1) is 0 Å². The van der Waals surface area contributed by atoms with Crippen molar-refractivity contribution in [2.75, 3.05) is 6.61 Å². The van der Waals surface area contributed by atoms with E-state index < -0.39 is 23.5 Å². The van der Waals surface area contributed by atoms with Crippen LogP contribution < -0.4 is 10.6 Å². The minimum Gasteiger partial charge on any atom is -0.481 e. The van der Waals surface area contributed by atoms with Gasteiger partial charge in [-0.05, 0) is 60.8 Å². The molecule has 35 heavy (non-hydrogen) atoms. The molecule has 7 heteroatoms. The van der Waals surface area contributed by atoms with Crippen LogP contribution >= 0.6 is 0 Å². The highest BCUT2D eigenvalue weighted by Crippen LogP contribution is 2.44. The van der Waals surface area contributed by atoms with Gasteiger partial charge in [0.15, 0.2) is 0 Å². The summed E-state index contributed by atoms with van der Waals surface area (Å²) in [6.07, 6.45) is 4.81. The van der Waals surface area contributed by atoms with Gasteiger partial charge >= 0.3 is 12.1 Å². The van der Waals surface area contributed by atoms with Crippen molar-refractivity contribution in [3.8, 4) is 11.1 Å². The number of hydrogen-bond donors (Lipinski definition) is 3. The third kappa shape index (κ3) is 4.90. The highest BCUT2D eigenvalue weighted by molar-refractivity contribution is 5.80. The van der Waals surface area contributed by atoms with Crippen molar-refractivity contribution in [3.63, 3.8) is 0 Å². The third-order valence-corrected chi connectivity index (χ3v) is 7.91. The first-order chi connectivity index (χ1) is 16.9. The number of alkyl carbamates (subject to hydrolysis) is 1. The Morgan fingerprint density at radius 3 is 2.20 bits per heavy atom. The summed E-state index contributed by atoms with van der Waals surface area (Å²) in [5, 5.41) is 15.3. The van der Waals surface area contributed by atoms with Gasteiger partial charge in [0.05, 0.1) is 11.5 Å². The Kier molecular flexibility index (Phi) is 6.50. The van der Waals surface area contributed by atoms with Crippen LogP contribution in [0.15, 0.2) is 48.5 Å². The molecule has 3 N–H and O–H groups in total. The number of carboxylic acid groups (broad SMARTS) is 1. The minimum absolute atomic E-state index is 0.0118. The number of carbonyl (C=O) groups is 3. The molecule has 0 radical (unpaired) electrons. The van der Waals surface area contributed by atoms with Crippen LogP contribution in [0.3, 0.4) is 0 Å². The molecule has 2 amide bonds. The van der Waals surface area contributed by atoms with E-state index in [-0.39, 0.29) is 30.9 Å². The molecular weight excluding hydrogens is 444 g/mol. The van der Waals surface area contributed by atoms with E-state index in [2.05, 4.69) is 34.9 Å². The van der Waals surface area contributed by atoms with E-state index in [1.54, 1.807) is 0 Å². The summed E-state index contributed by atoms with van der Waals surface area (Å²) in [5.74, 6) is -1.34. The van der Waals surface area contributed by atoms with Crippen molar-refractivity contribution < 1.29 is 24.2 Å². The van der Waals surface area contributed by atoms with Crippen LogP contribution in [0.1, 0.15) is 68.4 Å². The van der Waals surface area contributed by atoms with Crippen molar-refractivity contribution in [1.29, 1.82) is 0 Å². The Hall–Kier alpha value is -3.35.